The number of carbonyl (C=O) groups is 1. The summed E-state index contributed by atoms with van der Waals surface area (Å²) >= 11 is 4.98. The zero-order valence-electron chi connectivity index (χ0n) is 10.2. The fraction of sp³-hybridized carbons (Fsp3) is 0.385. The van der Waals surface area contributed by atoms with E-state index in [9.17, 15) is 4.79 Å². The summed E-state index contributed by atoms with van der Waals surface area (Å²) in [6.45, 7) is 0. The summed E-state index contributed by atoms with van der Waals surface area (Å²) in [5.41, 5.74) is 6.85. The number of nitrogens with one attached hydrogen (secondary N) is 1. The lowest BCUT2D eigenvalue weighted by Gasteiger charge is -2.14. The predicted molar refractivity (Wildman–Crippen MR) is 74.9 cm³/mol. The van der Waals surface area contributed by atoms with Gasteiger partial charge in [-0.2, -0.15) is 0 Å². The topological polar surface area (TPSA) is 64.3 Å². The molecule has 0 heterocycles. The highest BCUT2D eigenvalue weighted by molar-refractivity contribution is 7.80. The van der Waals surface area contributed by atoms with Gasteiger partial charge in [0.2, 0.25) is 5.91 Å². The third-order valence-electron chi connectivity index (χ3n) is 2.95. The van der Waals surface area contributed by atoms with E-state index in [4.69, 9.17) is 22.7 Å². The van der Waals surface area contributed by atoms with Gasteiger partial charge in [-0.25, -0.2) is 0 Å². The summed E-state index contributed by atoms with van der Waals surface area (Å²) in [5, 5.41) is 2.85. The molecule has 18 heavy (non-hydrogen) atoms. The van der Waals surface area contributed by atoms with E-state index in [0.717, 1.165) is 12.8 Å². The molecule has 1 saturated carbocycles. The molecule has 1 fully saturated rings. The van der Waals surface area contributed by atoms with Crippen LogP contribution < -0.4 is 15.8 Å². The molecule has 96 valence electrons. The van der Waals surface area contributed by atoms with Gasteiger partial charge in [-0.15, -0.1) is 0 Å². The van der Waals surface area contributed by atoms with Crippen molar-refractivity contribution in [2.24, 2.45) is 11.7 Å². The van der Waals surface area contributed by atoms with Gasteiger partial charge in [-0.05, 0) is 30.9 Å². The van der Waals surface area contributed by atoms with Crippen molar-refractivity contribution in [2.45, 2.75) is 19.3 Å². The van der Waals surface area contributed by atoms with Crippen molar-refractivity contribution in [1.82, 2.24) is 0 Å². The maximum Gasteiger partial charge on any atom is 0.224 e. The van der Waals surface area contributed by atoms with Crippen molar-refractivity contribution >= 4 is 28.8 Å². The van der Waals surface area contributed by atoms with E-state index in [1.54, 1.807) is 25.3 Å². The van der Waals surface area contributed by atoms with Crippen molar-refractivity contribution in [3.63, 3.8) is 0 Å². The molecular weight excluding hydrogens is 248 g/mol. The van der Waals surface area contributed by atoms with E-state index < -0.39 is 0 Å². The Balaban J connectivity index is 2.22. The number of carbonyl (C=O) groups excluding carboxylic acids is 1. The SMILES string of the molecule is COc1cccc(C(N)=S)c1NC(=O)CC1CC1. The number of amides is 1. The Morgan fingerprint density at radius 1 is 1.56 bits per heavy atom. The maximum absolute atomic E-state index is 11.9. The molecule has 1 aromatic carbocycles. The smallest absolute Gasteiger partial charge is 0.224 e. The first-order valence-corrected chi connectivity index (χ1v) is 6.29. The van der Waals surface area contributed by atoms with E-state index >= 15 is 0 Å². The number of methoxy groups -OCH3 is 1. The molecule has 0 aliphatic heterocycles. The van der Waals surface area contributed by atoms with Gasteiger partial charge in [0.05, 0.1) is 12.8 Å². The number of benzene rings is 1. The van der Waals surface area contributed by atoms with E-state index in [1.807, 2.05) is 0 Å². The van der Waals surface area contributed by atoms with Gasteiger partial charge in [-0.1, -0.05) is 18.3 Å². The molecule has 0 spiro atoms. The average Bonchev–Trinajstić information content (AvgIpc) is 3.12. The molecule has 0 radical (unpaired) electrons. The van der Waals surface area contributed by atoms with E-state index in [2.05, 4.69) is 5.32 Å². The lowest BCUT2D eigenvalue weighted by atomic mass is 10.1. The van der Waals surface area contributed by atoms with Gasteiger partial charge in [0.15, 0.2) is 0 Å². The fourth-order valence-electron chi connectivity index (χ4n) is 1.81. The van der Waals surface area contributed by atoms with Crippen LogP contribution in [0, 0.1) is 5.92 Å². The molecule has 0 saturated heterocycles. The first-order chi connectivity index (χ1) is 8.61. The minimum atomic E-state index is -0.0144. The molecule has 0 aromatic heterocycles. The molecule has 0 atom stereocenters. The molecular formula is C13H16N2O2S. The largest absolute Gasteiger partial charge is 0.495 e. The standard InChI is InChI=1S/C13H16N2O2S/c1-17-10-4-2-3-9(13(14)18)12(10)15-11(16)7-8-5-6-8/h2-4,8H,5-7H2,1H3,(H2,14,18)(H,15,16). The number of thiocarbonyl (C=S) groups is 1. The van der Waals surface area contributed by atoms with E-state index in [-0.39, 0.29) is 10.9 Å². The minimum Gasteiger partial charge on any atom is -0.495 e. The highest BCUT2D eigenvalue weighted by atomic mass is 32.1. The fourth-order valence-corrected chi connectivity index (χ4v) is 1.98. The average molecular weight is 264 g/mol. The normalized spacial score (nSPS) is 14.1. The molecule has 2 rings (SSSR count). The van der Waals surface area contributed by atoms with Crippen LogP contribution in [-0.2, 0) is 4.79 Å². The van der Waals surface area contributed by atoms with Gasteiger partial charge in [-0.3, -0.25) is 4.79 Å². The van der Waals surface area contributed by atoms with Crippen molar-refractivity contribution in [3.05, 3.63) is 23.8 Å². The number of ether oxygens (including phenoxy) is 1. The third kappa shape index (κ3) is 2.98. The van der Waals surface area contributed by atoms with Crippen LogP contribution in [0.5, 0.6) is 5.75 Å². The second-order valence-electron chi connectivity index (χ2n) is 4.44. The number of hydrogen-bond acceptors (Lipinski definition) is 3. The second-order valence-corrected chi connectivity index (χ2v) is 4.88. The third-order valence-corrected chi connectivity index (χ3v) is 3.17. The maximum atomic E-state index is 11.9. The Kier molecular flexibility index (Phi) is 3.81. The molecule has 1 aliphatic carbocycles. The number of hydrogen-bond donors (Lipinski definition) is 2. The van der Waals surface area contributed by atoms with Crippen LogP contribution in [0.2, 0.25) is 0 Å². The summed E-state index contributed by atoms with van der Waals surface area (Å²) in [4.78, 5) is 12.1. The quantitative estimate of drug-likeness (QED) is 0.799. The number of anilines is 1. The Hall–Kier alpha value is -1.62. The molecule has 1 aliphatic rings. The Bertz CT molecular complexity index is 484. The first kappa shape index (κ1) is 12.8. The van der Waals surface area contributed by atoms with E-state index in [0.29, 0.717) is 29.3 Å². The van der Waals surface area contributed by atoms with Crippen molar-refractivity contribution in [3.8, 4) is 5.75 Å². The number of nitrogens with two attached hydrogens (primary N) is 1. The Morgan fingerprint density at radius 3 is 2.83 bits per heavy atom. The van der Waals surface area contributed by atoms with Crippen LogP contribution in [0.25, 0.3) is 0 Å². The van der Waals surface area contributed by atoms with Crippen LogP contribution in [-0.4, -0.2) is 18.0 Å². The van der Waals surface area contributed by atoms with Crippen LogP contribution in [0.3, 0.4) is 0 Å². The van der Waals surface area contributed by atoms with Crippen molar-refractivity contribution in [2.75, 3.05) is 12.4 Å². The van der Waals surface area contributed by atoms with Gasteiger partial charge >= 0.3 is 0 Å². The van der Waals surface area contributed by atoms with Crippen LogP contribution >= 0.6 is 12.2 Å². The summed E-state index contributed by atoms with van der Waals surface area (Å²) in [5.74, 6) is 1.09. The zero-order valence-corrected chi connectivity index (χ0v) is 11.0. The molecule has 1 amide bonds. The minimum absolute atomic E-state index is 0.0144. The molecule has 1 aromatic rings. The Morgan fingerprint density at radius 2 is 2.28 bits per heavy atom. The van der Waals surface area contributed by atoms with Crippen LogP contribution in [0.15, 0.2) is 18.2 Å². The molecule has 4 nitrogen and oxygen atoms in total. The number of rotatable bonds is 5. The highest BCUT2D eigenvalue weighted by Gasteiger charge is 2.25. The van der Waals surface area contributed by atoms with Crippen LogP contribution in [0.4, 0.5) is 5.69 Å². The van der Waals surface area contributed by atoms with Crippen molar-refractivity contribution < 1.29 is 9.53 Å². The zero-order chi connectivity index (χ0) is 13.1. The first-order valence-electron chi connectivity index (χ1n) is 5.88. The van der Waals surface area contributed by atoms with Gasteiger partial charge < -0.3 is 15.8 Å². The molecule has 5 heteroatoms. The monoisotopic (exact) mass is 264 g/mol. The van der Waals surface area contributed by atoms with Gasteiger partial charge in [0.1, 0.15) is 10.7 Å². The summed E-state index contributed by atoms with van der Waals surface area (Å²) in [7, 11) is 1.55. The summed E-state index contributed by atoms with van der Waals surface area (Å²) in [6, 6.07) is 5.34. The number of para-hydroxylation sites is 1. The lowest BCUT2D eigenvalue weighted by Crippen LogP contribution is -2.18. The van der Waals surface area contributed by atoms with E-state index in [1.165, 1.54) is 0 Å². The molecule has 0 bridgehead atoms. The summed E-state index contributed by atoms with van der Waals surface area (Å²) < 4.78 is 5.23. The van der Waals surface area contributed by atoms with Crippen LogP contribution in [0.1, 0.15) is 24.8 Å². The summed E-state index contributed by atoms with van der Waals surface area (Å²) in [6.07, 6.45) is 2.83. The molecule has 3 N–H and O–H groups in total. The Labute approximate surface area is 112 Å². The van der Waals surface area contributed by atoms with Gasteiger partial charge in [0, 0.05) is 12.0 Å². The lowest BCUT2D eigenvalue weighted by molar-refractivity contribution is -0.116. The second kappa shape index (κ2) is 5.35. The highest BCUT2D eigenvalue weighted by Crippen LogP contribution is 2.34. The molecule has 0 unspecified atom stereocenters. The predicted octanol–water partition coefficient (Wildman–Crippen LogP) is 2.07. The van der Waals surface area contributed by atoms with Gasteiger partial charge in [0.25, 0.3) is 0 Å². The van der Waals surface area contributed by atoms with Crippen molar-refractivity contribution in [1.29, 1.82) is 0 Å².